The zero-order valence-electron chi connectivity index (χ0n) is 18.0. The predicted molar refractivity (Wildman–Crippen MR) is 130 cm³/mol. The highest BCUT2D eigenvalue weighted by molar-refractivity contribution is 6.73. The maximum Gasteiger partial charge on any atom is 0.315 e. The van der Waals surface area contributed by atoms with E-state index in [0.717, 1.165) is 11.3 Å². The van der Waals surface area contributed by atoms with Crippen molar-refractivity contribution >= 4 is 46.4 Å². The van der Waals surface area contributed by atoms with E-state index >= 15 is 0 Å². The molecule has 152 valence electrons. The van der Waals surface area contributed by atoms with Crippen molar-refractivity contribution < 1.29 is 4.42 Å². The van der Waals surface area contributed by atoms with Gasteiger partial charge in [-0.2, -0.15) is 0 Å². The number of nitrogens with zero attached hydrogens (tertiary/aromatic N) is 3. The molecule has 0 fully saturated rings. The van der Waals surface area contributed by atoms with Gasteiger partial charge in [-0.25, -0.2) is 0 Å². The summed E-state index contributed by atoms with van der Waals surface area (Å²) in [4.78, 5) is 4.84. The molecule has 0 saturated heterocycles. The molecule has 5 heteroatoms. The Bertz CT molecular complexity index is 1310. The van der Waals surface area contributed by atoms with Gasteiger partial charge in [-0.3, -0.25) is 5.01 Å². The summed E-state index contributed by atoms with van der Waals surface area (Å²) in [6, 6.07) is 27.7. The van der Waals surface area contributed by atoms with Crippen LogP contribution in [0.4, 0.5) is 17.1 Å². The Morgan fingerprint density at radius 2 is 1.52 bits per heavy atom. The van der Waals surface area contributed by atoms with Crippen LogP contribution in [0.15, 0.2) is 89.0 Å². The van der Waals surface area contributed by atoms with E-state index in [9.17, 15) is 0 Å². The minimum absolute atomic E-state index is 0.130. The molecule has 1 atom stereocenters. The van der Waals surface area contributed by atoms with Gasteiger partial charge in [-0.15, -0.1) is 0 Å². The maximum absolute atomic E-state index is 6.20. The number of hydrogen-bond donors (Lipinski definition) is 0. The first-order chi connectivity index (χ1) is 15.1. The van der Waals surface area contributed by atoms with E-state index in [4.69, 9.17) is 4.42 Å². The van der Waals surface area contributed by atoms with Gasteiger partial charge < -0.3 is 14.2 Å². The molecule has 3 heterocycles. The topological polar surface area (TPSA) is 22.9 Å². The van der Waals surface area contributed by atoms with Gasteiger partial charge >= 0.3 is 6.85 Å². The van der Waals surface area contributed by atoms with Gasteiger partial charge in [0.25, 0.3) is 0 Å². The van der Waals surface area contributed by atoms with Crippen LogP contribution in [0, 0.1) is 0 Å². The molecule has 0 spiro atoms. The first kappa shape index (κ1) is 18.2. The zero-order valence-corrected chi connectivity index (χ0v) is 18.0. The van der Waals surface area contributed by atoms with Gasteiger partial charge in [0, 0.05) is 16.8 Å². The molecule has 6 rings (SSSR count). The zero-order chi connectivity index (χ0) is 21.1. The Morgan fingerprint density at radius 3 is 2.32 bits per heavy atom. The molecule has 0 radical (unpaired) electrons. The monoisotopic (exact) mass is 405 g/mol. The Kier molecular flexibility index (Phi) is 3.94. The molecule has 0 saturated carbocycles. The first-order valence-corrected chi connectivity index (χ1v) is 10.9. The van der Waals surface area contributed by atoms with Crippen molar-refractivity contribution in [1.29, 1.82) is 0 Å². The van der Waals surface area contributed by atoms with E-state index in [1.165, 1.54) is 33.6 Å². The summed E-state index contributed by atoms with van der Waals surface area (Å²) in [5, 5.41) is 3.63. The highest BCUT2D eigenvalue weighted by atomic mass is 16.3. The van der Waals surface area contributed by atoms with Gasteiger partial charge in [0.2, 0.25) is 0 Å². The van der Waals surface area contributed by atoms with Crippen LogP contribution in [-0.2, 0) is 0 Å². The minimum atomic E-state index is 0.130. The summed E-state index contributed by atoms with van der Waals surface area (Å²) in [5.41, 5.74) is 7.02. The molecule has 0 bridgehead atoms. The second-order valence-corrected chi connectivity index (χ2v) is 8.35. The fourth-order valence-corrected chi connectivity index (χ4v) is 5.28. The molecule has 31 heavy (non-hydrogen) atoms. The Morgan fingerprint density at radius 1 is 0.839 bits per heavy atom. The van der Waals surface area contributed by atoms with Crippen LogP contribution in [0.1, 0.15) is 19.6 Å². The molecular weight excluding hydrogens is 381 g/mol. The molecule has 0 aliphatic carbocycles. The number of hydrazine groups is 1. The van der Waals surface area contributed by atoms with E-state index in [2.05, 4.69) is 114 Å². The van der Waals surface area contributed by atoms with Gasteiger partial charge in [0.05, 0.1) is 11.4 Å². The van der Waals surface area contributed by atoms with E-state index in [1.807, 2.05) is 6.07 Å². The van der Waals surface area contributed by atoms with Crippen LogP contribution in [0.2, 0.25) is 6.82 Å². The number of benzene rings is 3. The summed E-state index contributed by atoms with van der Waals surface area (Å²) in [7, 11) is 0. The lowest BCUT2D eigenvalue weighted by Gasteiger charge is -2.44. The summed E-state index contributed by atoms with van der Waals surface area (Å²) < 4.78 is 6.20. The fourth-order valence-electron chi connectivity index (χ4n) is 5.28. The average Bonchev–Trinajstić information content (AvgIpc) is 3.29. The third-order valence-electron chi connectivity index (χ3n) is 6.53. The van der Waals surface area contributed by atoms with Gasteiger partial charge in [0.15, 0.2) is 0 Å². The number of para-hydroxylation sites is 4. The molecule has 0 N–H and O–H groups in total. The number of fused-ring (bicyclic) bond motifs is 4. The van der Waals surface area contributed by atoms with Crippen molar-refractivity contribution in [2.75, 3.05) is 9.91 Å². The normalized spacial score (nSPS) is 17.8. The third-order valence-corrected chi connectivity index (χ3v) is 6.53. The Labute approximate surface area is 183 Å². The lowest BCUT2D eigenvalue weighted by Crippen LogP contribution is -2.59. The molecule has 2 aliphatic heterocycles. The quantitative estimate of drug-likeness (QED) is 0.390. The summed E-state index contributed by atoms with van der Waals surface area (Å²) >= 11 is 0. The molecule has 3 aromatic carbocycles. The van der Waals surface area contributed by atoms with Crippen molar-refractivity contribution in [3.05, 3.63) is 90.3 Å². The average molecular weight is 405 g/mol. The SMILES string of the molecule is CB1c2c(oc3ccccc23)C=C(C)N1N1c2ccccc2N(c2ccccc2)[C@@H]1C. The Hall–Kier alpha value is -3.60. The molecule has 4 nitrogen and oxygen atoms in total. The number of anilines is 3. The van der Waals surface area contributed by atoms with Crippen LogP contribution >= 0.6 is 0 Å². The van der Waals surface area contributed by atoms with Crippen LogP contribution in [0.5, 0.6) is 0 Å². The number of rotatable bonds is 2. The molecule has 0 unspecified atom stereocenters. The minimum Gasteiger partial charge on any atom is -0.457 e. The van der Waals surface area contributed by atoms with Crippen molar-refractivity contribution in [3.63, 3.8) is 0 Å². The van der Waals surface area contributed by atoms with Crippen LogP contribution in [-0.4, -0.2) is 17.9 Å². The second-order valence-electron chi connectivity index (χ2n) is 8.35. The van der Waals surface area contributed by atoms with Crippen molar-refractivity contribution in [2.24, 2.45) is 0 Å². The number of hydrogen-bond acceptors (Lipinski definition) is 4. The molecule has 4 aromatic rings. The van der Waals surface area contributed by atoms with Crippen molar-refractivity contribution in [1.82, 2.24) is 4.92 Å². The predicted octanol–water partition coefficient (Wildman–Crippen LogP) is 5.86. The smallest absolute Gasteiger partial charge is 0.315 e. The van der Waals surface area contributed by atoms with E-state index in [1.54, 1.807) is 0 Å². The molecule has 1 aromatic heterocycles. The standard InChI is InChI=1S/C26H24BN3O/c1-18-17-25-26(21-13-7-10-16-24(21)31-25)27(3)30(18)29-19(2)28(20-11-5-4-6-12-20)22-14-8-9-15-23(22)29/h4-17,19H,1-3H3/t19-/m0/s1. The lowest BCUT2D eigenvalue weighted by atomic mass is 9.54. The van der Waals surface area contributed by atoms with Gasteiger partial charge in [-0.05, 0) is 55.7 Å². The first-order valence-electron chi connectivity index (χ1n) is 10.9. The second kappa shape index (κ2) is 6.71. The van der Waals surface area contributed by atoms with E-state index in [0.29, 0.717) is 0 Å². The molecular formula is C26H24BN3O. The van der Waals surface area contributed by atoms with Crippen LogP contribution < -0.4 is 15.4 Å². The molecule has 2 aliphatic rings. The highest BCUT2D eigenvalue weighted by Crippen LogP contribution is 2.46. The highest BCUT2D eigenvalue weighted by Gasteiger charge is 2.42. The summed E-state index contributed by atoms with van der Waals surface area (Å²) in [6.45, 7) is 6.87. The maximum atomic E-state index is 6.20. The lowest BCUT2D eigenvalue weighted by molar-refractivity contribution is 0.442. The van der Waals surface area contributed by atoms with Crippen LogP contribution in [0.25, 0.3) is 17.0 Å². The summed E-state index contributed by atoms with van der Waals surface area (Å²) in [6.07, 6.45) is 2.31. The third kappa shape index (κ3) is 2.56. The fraction of sp³-hybridized carbons (Fsp3) is 0.154. The Balaban J connectivity index is 1.50. The van der Waals surface area contributed by atoms with Crippen molar-refractivity contribution in [2.45, 2.75) is 26.8 Å². The van der Waals surface area contributed by atoms with Gasteiger partial charge in [-0.1, -0.05) is 55.4 Å². The largest absolute Gasteiger partial charge is 0.457 e. The van der Waals surface area contributed by atoms with E-state index < -0.39 is 0 Å². The number of furan rings is 1. The molecule has 0 amide bonds. The van der Waals surface area contributed by atoms with E-state index in [-0.39, 0.29) is 13.0 Å². The van der Waals surface area contributed by atoms with Crippen molar-refractivity contribution in [3.8, 4) is 0 Å². The van der Waals surface area contributed by atoms with Crippen LogP contribution in [0.3, 0.4) is 0 Å². The van der Waals surface area contributed by atoms with Gasteiger partial charge in [0.1, 0.15) is 17.5 Å². The summed E-state index contributed by atoms with van der Waals surface area (Å²) in [5.74, 6) is 0.975. The number of allylic oxidation sites excluding steroid dienone is 1.